The highest BCUT2D eigenvalue weighted by Gasteiger charge is 2.37. The molecule has 2 rings (SSSR count). The molecule has 0 spiro atoms. The molecule has 1 saturated heterocycles. The SMILES string of the molecule is CC(=O)Nc1ccsc1CNC1(C)CCS(=O)(=O)C1. The number of carbonyl (C=O) groups excluding carboxylic acids is 1. The molecule has 1 aromatic rings. The van der Waals surface area contributed by atoms with Crippen molar-refractivity contribution in [2.45, 2.75) is 32.4 Å². The lowest BCUT2D eigenvalue weighted by molar-refractivity contribution is -0.114. The second-order valence-corrected chi connectivity index (χ2v) is 8.38. The van der Waals surface area contributed by atoms with E-state index in [-0.39, 0.29) is 23.0 Å². The fraction of sp³-hybridized carbons (Fsp3) is 0.583. The second kappa shape index (κ2) is 5.22. The van der Waals surface area contributed by atoms with Gasteiger partial charge < -0.3 is 10.6 Å². The highest BCUT2D eigenvalue weighted by atomic mass is 32.2. The van der Waals surface area contributed by atoms with Crippen LogP contribution in [0.25, 0.3) is 0 Å². The molecule has 0 bridgehead atoms. The Morgan fingerprint density at radius 1 is 1.53 bits per heavy atom. The molecule has 1 amide bonds. The van der Waals surface area contributed by atoms with E-state index in [1.54, 1.807) is 11.3 Å². The number of hydrogen-bond acceptors (Lipinski definition) is 5. The predicted octanol–water partition coefficient (Wildman–Crippen LogP) is 1.37. The molecular weight excluding hydrogens is 284 g/mol. The lowest BCUT2D eigenvalue weighted by atomic mass is 10.0. The topological polar surface area (TPSA) is 75.3 Å². The normalized spacial score (nSPS) is 25.4. The van der Waals surface area contributed by atoms with E-state index in [0.29, 0.717) is 13.0 Å². The molecule has 1 aromatic heterocycles. The van der Waals surface area contributed by atoms with E-state index < -0.39 is 9.84 Å². The van der Waals surface area contributed by atoms with Crippen LogP contribution in [0.1, 0.15) is 25.1 Å². The molecule has 19 heavy (non-hydrogen) atoms. The van der Waals surface area contributed by atoms with Crippen molar-refractivity contribution < 1.29 is 13.2 Å². The van der Waals surface area contributed by atoms with Crippen LogP contribution in [0.2, 0.25) is 0 Å². The summed E-state index contributed by atoms with van der Waals surface area (Å²) in [7, 11) is -2.90. The molecule has 106 valence electrons. The Kier molecular flexibility index (Phi) is 3.98. The van der Waals surface area contributed by atoms with Crippen molar-refractivity contribution in [2.24, 2.45) is 0 Å². The first-order chi connectivity index (χ1) is 8.80. The molecule has 0 saturated carbocycles. The van der Waals surface area contributed by atoms with Crippen LogP contribution in [0.15, 0.2) is 11.4 Å². The summed E-state index contributed by atoms with van der Waals surface area (Å²) in [5.41, 5.74) is 0.436. The number of nitrogens with one attached hydrogen (secondary N) is 2. The van der Waals surface area contributed by atoms with Gasteiger partial charge in [-0.25, -0.2) is 8.42 Å². The minimum Gasteiger partial charge on any atom is -0.325 e. The van der Waals surface area contributed by atoms with Crippen molar-refractivity contribution in [1.82, 2.24) is 5.32 Å². The molecule has 0 radical (unpaired) electrons. The summed E-state index contributed by atoms with van der Waals surface area (Å²) >= 11 is 1.55. The predicted molar refractivity (Wildman–Crippen MR) is 77.1 cm³/mol. The Bertz CT molecular complexity index is 580. The van der Waals surface area contributed by atoms with Gasteiger partial charge in [0, 0.05) is 23.9 Å². The van der Waals surface area contributed by atoms with Gasteiger partial charge in [0.25, 0.3) is 0 Å². The fourth-order valence-electron chi connectivity index (χ4n) is 2.22. The summed E-state index contributed by atoms with van der Waals surface area (Å²) in [6, 6.07) is 1.86. The van der Waals surface area contributed by atoms with Crippen LogP contribution < -0.4 is 10.6 Å². The summed E-state index contributed by atoms with van der Waals surface area (Å²) in [6.45, 7) is 3.97. The van der Waals surface area contributed by atoms with Crippen LogP contribution in [0, 0.1) is 0 Å². The van der Waals surface area contributed by atoms with Gasteiger partial charge in [-0.2, -0.15) is 0 Å². The summed E-state index contributed by atoms with van der Waals surface area (Å²) < 4.78 is 23.1. The maximum atomic E-state index is 11.5. The average Bonchev–Trinajstić information content (AvgIpc) is 2.81. The van der Waals surface area contributed by atoms with E-state index in [0.717, 1.165) is 10.6 Å². The molecule has 1 fully saturated rings. The number of hydrogen-bond donors (Lipinski definition) is 2. The van der Waals surface area contributed by atoms with Gasteiger partial charge in [-0.1, -0.05) is 0 Å². The molecule has 0 aliphatic carbocycles. The van der Waals surface area contributed by atoms with Gasteiger partial charge in [0.05, 0.1) is 17.2 Å². The van der Waals surface area contributed by atoms with E-state index >= 15 is 0 Å². The van der Waals surface area contributed by atoms with Crippen molar-refractivity contribution in [2.75, 3.05) is 16.8 Å². The van der Waals surface area contributed by atoms with E-state index in [2.05, 4.69) is 10.6 Å². The molecule has 2 N–H and O–H groups in total. The first kappa shape index (κ1) is 14.5. The number of sulfone groups is 1. The summed E-state index contributed by atoms with van der Waals surface area (Å²) in [5, 5.41) is 7.99. The Morgan fingerprint density at radius 3 is 2.84 bits per heavy atom. The number of anilines is 1. The molecular formula is C12H18N2O3S2. The van der Waals surface area contributed by atoms with E-state index in [1.165, 1.54) is 6.92 Å². The first-order valence-electron chi connectivity index (χ1n) is 6.09. The molecule has 2 heterocycles. The average molecular weight is 302 g/mol. The van der Waals surface area contributed by atoms with Gasteiger partial charge >= 0.3 is 0 Å². The third kappa shape index (κ3) is 3.77. The third-order valence-corrected chi connectivity index (χ3v) is 6.06. The van der Waals surface area contributed by atoms with Crippen molar-refractivity contribution in [3.05, 3.63) is 16.3 Å². The van der Waals surface area contributed by atoms with Crippen molar-refractivity contribution in [1.29, 1.82) is 0 Å². The second-order valence-electron chi connectivity index (χ2n) is 5.19. The molecule has 1 unspecified atom stereocenters. The maximum Gasteiger partial charge on any atom is 0.221 e. The zero-order valence-electron chi connectivity index (χ0n) is 11.0. The lowest BCUT2D eigenvalue weighted by Crippen LogP contribution is -2.42. The number of thiophene rings is 1. The van der Waals surface area contributed by atoms with Crippen molar-refractivity contribution in [3.63, 3.8) is 0 Å². The Hall–Kier alpha value is -0.920. The van der Waals surface area contributed by atoms with Crippen LogP contribution in [0.3, 0.4) is 0 Å². The molecule has 1 aliphatic heterocycles. The molecule has 1 aliphatic rings. The van der Waals surface area contributed by atoms with Crippen LogP contribution in [0.4, 0.5) is 5.69 Å². The summed E-state index contributed by atoms with van der Waals surface area (Å²) in [5.74, 6) is 0.328. The highest BCUT2D eigenvalue weighted by Crippen LogP contribution is 2.26. The third-order valence-electron chi connectivity index (χ3n) is 3.24. The number of amides is 1. The molecule has 0 aromatic carbocycles. The molecule has 5 nitrogen and oxygen atoms in total. The zero-order chi connectivity index (χ0) is 14.1. The van der Waals surface area contributed by atoms with E-state index in [9.17, 15) is 13.2 Å². The van der Waals surface area contributed by atoms with Gasteiger partial charge in [0.1, 0.15) is 0 Å². The Labute approximate surface area is 117 Å². The summed E-state index contributed by atoms with van der Waals surface area (Å²) in [6.07, 6.45) is 0.635. The van der Waals surface area contributed by atoms with Crippen molar-refractivity contribution >= 4 is 32.8 Å². The summed E-state index contributed by atoms with van der Waals surface area (Å²) in [4.78, 5) is 12.1. The van der Waals surface area contributed by atoms with Gasteiger partial charge in [0.2, 0.25) is 5.91 Å². The van der Waals surface area contributed by atoms with Gasteiger partial charge in [0.15, 0.2) is 9.84 Å². The minimum atomic E-state index is -2.90. The number of rotatable bonds is 4. The Balaban J connectivity index is 2.00. The monoisotopic (exact) mass is 302 g/mol. The van der Waals surface area contributed by atoms with Gasteiger partial charge in [-0.05, 0) is 24.8 Å². The fourth-order valence-corrected chi connectivity index (χ4v) is 5.12. The van der Waals surface area contributed by atoms with Crippen LogP contribution >= 0.6 is 11.3 Å². The van der Waals surface area contributed by atoms with E-state index in [1.807, 2.05) is 18.4 Å². The smallest absolute Gasteiger partial charge is 0.221 e. The number of carbonyl (C=O) groups is 1. The minimum absolute atomic E-state index is 0.102. The molecule has 1 atom stereocenters. The maximum absolute atomic E-state index is 11.5. The van der Waals surface area contributed by atoms with Crippen LogP contribution in [0.5, 0.6) is 0 Å². The highest BCUT2D eigenvalue weighted by molar-refractivity contribution is 7.91. The zero-order valence-corrected chi connectivity index (χ0v) is 12.7. The largest absolute Gasteiger partial charge is 0.325 e. The van der Waals surface area contributed by atoms with Gasteiger partial charge in [-0.3, -0.25) is 4.79 Å². The van der Waals surface area contributed by atoms with E-state index in [4.69, 9.17) is 0 Å². The first-order valence-corrected chi connectivity index (χ1v) is 8.79. The Morgan fingerprint density at radius 2 is 2.26 bits per heavy atom. The standard InChI is InChI=1S/C12H18N2O3S2/c1-9(15)14-10-3-5-18-11(10)7-13-12(2)4-6-19(16,17)8-12/h3,5,13H,4,6-8H2,1-2H3,(H,14,15). The quantitative estimate of drug-likeness (QED) is 0.881. The van der Waals surface area contributed by atoms with Gasteiger partial charge in [-0.15, -0.1) is 11.3 Å². The molecule has 7 heteroatoms. The van der Waals surface area contributed by atoms with Crippen molar-refractivity contribution in [3.8, 4) is 0 Å². The lowest BCUT2D eigenvalue weighted by Gasteiger charge is -2.23. The van der Waals surface area contributed by atoms with Crippen LogP contribution in [-0.4, -0.2) is 31.4 Å². The van der Waals surface area contributed by atoms with Crippen LogP contribution in [-0.2, 0) is 21.2 Å².